The van der Waals surface area contributed by atoms with Gasteiger partial charge in [-0.1, -0.05) is 6.07 Å². The van der Waals surface area contributed by atoms with Crippen molar-refractivity contribution >= 4 is 5.69 Å². The summed E-state index contributed by atoms with van der Waals surface area (Å²) in [5.41, 5.74) is 3.99. The number of nitro groups is 1. The first kappa shape index (κ1) is 9.63. The van der Waals surface area contributed by atoms with E-state index in [1.165, 1.54) is 30.4 Å². The average molecular weight is 229 g/mol. The Morgan fingerprint density at radius 3 is 2.65 bits per heavy atom. The molecule has 2 bridgehead atoms. The van der Waals surface area contributed by atoms with E-state index in [0.717, 1.165) is 23.3 Å². The number of nitro benzene ring substituents is 1. The predicted octanol–water partition coefficient (Wildman–Crippen LogP) is 3.51. The fourth-order valence-electron chi connectivity index (χ4n) is 4.73. The lowest BCUT2D eigenvalue weighted by Crippen LogP contribution is -2.30. The van der Waals surface area contributed by atoms with E-state index in [-0.39, 0.29) is 4.92 Å². The highest BCUT2D eigenvalue weighted by molar-refractivity contribution is 5.59. The van der Waals surface area contributed by atoms with E-state index < -0.39 is 0 Å². The summed E-state index contributed by atoms with van der Waals surface area (Å²) in [6.07, 6.45) is 4.08. The Kier molecular flexibility index (Phi) is 1.64. The minimum Gasteiger partial charge on any atom is -0.258 e. The third-order valence-corrected chi connectivity index (χ3v) is 5.33. The van der Waals surface area contributed by atoms with Crippen molar-refractivity contribution in [1.82, 2.24) is 0 Å². The zero-order valence-corrected chi connectivity index (χ0v) is 9.85. The molecule has 0 amide bonds. The van der Waals surface area contributed by atoms with Gasteiger partial charge >= 0.3 is 0 Å². The largest absolute Gasteiger partial charge is 0.272 e. The molecular formula is C14H15NO2. The normalized spacial score (nSPS) is 36.3. The van der Waals surface area contributed by atoms with E-state index in [4.69, 9.17) is 0 Å². The first-order chi connectivity index (χ1) is 8.18. The molecule has 4 atom stereocenters. The van der Waals surface area contributed by atoms with E-state index >= 15 is 0 Å². The lowest BCUT2D eigenvalue weighted by molar-refractivity contribution is -0.385. The second kappa shape index (κ2) is 2.89. The van der Waals surface area contributed by atoms with Gasteiger partial charge in [0, 0.05) is 11.6 Å². The molecule has 0 aromatic heterocycles. The number of benzene rings is 1. The van der Waals surface area contributed by atoms with Crippen LogP contribution in [-0.4, -0.2) is 4.92 Å². The predicted molar refractivity (Wildman–Crippen MR) is 64.1 cm³/mol. The van der Waals surface area contributed by atoms with Crippen LogP contribution < -0.4 is 0 Å². The molecule has 1 aromatic carbocycles. The van der Waals surface area contributed by atoms with Crippen LogP contribution in [0.5, 0.6) is 0 Å². The van der Waals surface area contributed by atoms with Crippen LogP contribution in [0.25, 0.3) is 0 Å². The number of nitrogens with zero attached hydrogens (tertiary/aromatic N) is 1. The van der Waals surface area contributed by atoms with Gasteiger partial charge in [0.2, 0.25) is 0 Å². The smallest absolute Gasteiger partial charge is 0.258 e. The minimum absolute atomic E-state index is 0.240. The molecule has 0 saturated heterocycles. The van der Waals surface area contributed by atoms with Crippen LogP contribution in [0.3, 0.4) is 0 Å². The maximum absolute atomic E-state index is 11.0. The van der Waals surface area contributed by atoms with Gasteiger partial charge in [-0.15, -0.1) is 0 Å². The summed E-state index contributed by atoms with van der Waals surface area (Å²) in [6, 6.07) is 3.72. The van der Waals surface area contributed by atoms with Crippen LogP contribution in [0.2, 0.25) is 0 Å². The first-order valence-corrected chi connectivity index (χ1v) is 6.46. The van der Waals surface area contributed by atoms with E-state index in [0.29, 0.717) is 11.6 Å². The number of rotatable bonds is 1. The highest BCUT2D eigenvalue weighted by Crippen LogP contribution is 2.68. The van der Waals surface area contributed by atoms with Crippen molar-refractivity contribution in [3.8, 4) is 0 Å². The summed E-state index contributed by atoms with van der Waals surface area (Å²) in [5, 5.41) is 11.0. The molecule has 3 heteroatoms. The number of hydrogen-bond donors (Lipinski definition) is 0. The van der Waals surface area contributed by atoms with Gasteiger partial charge in [0.25, 0.3) is 5.69 Å². The molecule has 1 aromatic rings. The molecule has 0 aliphatic heterocycles. The van der Waals surface area contributed by atoms with Crippen LogP contribution >= 0.6 is 0 Å². The van der Waals surface area contributed by atoms with E-state index in [1.54, 1.807) is 6.07 Å². The lowest BCUT2D eigenvalue weighted by atomic mass is 9.60. The van der Waals surface area contributed by atoms with Gasteiger partial charge in [0.05, 0.1) is 4.92 Å². The van der Waals surface area contributed by atoms with Gasteiger partial charge in [-0.25, -0.2) is 0 Å². The second-order valence-corrected chi connectivity index (χ2v) is 5.85. The monoisotopic (exact) mass is 229 g/mol. The lowest BCUT2D eigenvalue weighted by Gasteiger charge is -2.43. The minimum atomic E-state index is -0.240. The van der Waals surface area contributed by atoms with Crippen molar-refractivity contribution in [3.63, 3.8) is 0 Å². The van der Waals surface area contributed by atoms with Gasteiger partial charge in [0.15, 0.2) is 0 Å². The van der Waals surface area contributed by atoms with E-state index in [1.807, 2.05) is 13.0 Å². The van der Waals surface area contributed by atoms with Gasteiger partial charge < -0.3 is 0 Å². The molecule has 0 heterocycles. The second-order valence-electron chi connectivity index (χ2n) is 5.85. The summed E-state index contributed by atoms with van der Waals surface area (Å²) in [6.45, 7) is 1.93. The van der Waals surface area contributed by atoms with E-state index in [2.05, 4.69) is 0 Å². The molecule has 2 fully saturated rings. The first-order valence-electron chi connectivity index (χ1n) is 6.46. The van der Waals surface area contributed by atoms with E-state index in [9.17, 15) is 10.1 Å². The Labute approximate surface area is 100.0 Å². The molecule has 0 radical (unpaired) electrons. The number of fused-ring (bicyclic) bond motifs is 8. The van der Waals surface area contributed by atoms with Crippen molar-refractivity contribution < 1.29 is 4.92 Å². The fourth-order valence-corrected chi connectivity index (χ4v) is 4.73. The fraction of sp³-hybridized carbons (Fsp3) is 0.571. The molecular weight excluding hydrogens is 214 g/mol. The zero-order chi connectivity index (χ0) is 11.7. The quantitative estimate of drug-likeness (QED) is 0.546. The maximum atomic E-state index is 11.0. The Hall–Kier alpha value is -1.38. The molecule has 4 unspecified atom stereocenters. The molecule has 2 saturated carbocycles. The third-order valence-electron chi connectivity index (χ3n) is 5.33. The summed E-state index contributed by atoms with van der Waals surface area (Å²) in [5.74, 6) is 3.09. The Morgan fingerprint density at radius 1 is 1.24 bits per heavy atom. The van der Waals surface area contributed by atoms with Crippen molar-refractivity contribution in [2.75, 3.05) is 0 Å². The van der Waals surface area contributed by atoms with Crippen molar-refractivity contribution in [2.45, 2.75) is 38.0 Å². The Morgan fingerprint density at radius 2 is 1.94 bits per heavy atom. The molecule has 0 N–H and O–H groups in total. The highest BCUT2D eigenvalue weighted by Gasteiger charge is 2.56. The molecule has 88 valence electrons. The molecule has 17 heavy (non-hydrogen) atoms. The Bertz CT molecular complexity index is 537. The molecule has 3 aliphatic carbocycles. The molecule has 3 aliphatic rings. The summed E-state index contributed by atoms with van der Waals surface area (Å²) < 4.78 is 0. The van der Waals surface area contributed by atoms with Gasteiger partial charge in [-0.3, -0.25) is 10.1 Å². The molecule has 4 rings (SSSR count). The topological polar surface area (TPSA) is 43.1 Å². The maximum Gasteiger partial charge on any atom is 0.272 e. The van der Waals surface area contributed by atoms with Crippen LogP contribution in [-0.2, 0) is 0 Å². The summed E-state index contributed by atoms with van der Waals surface area (Å²) >= 11 is 0. The van der Waals surface area contributed by atoms with Gasteiger partial charge in [-0.05, 0) is 61.0 Å². The highest BCUT2D eigenvalue weighted by atomic mass is 16.6. The number of hydrogen-bond acceptors (Lipinski definition) is 2. The Balaban J connectivity index is 1.88. The van der Waals surface area contributed by atoms with Crippen molar-refractivity contribution in [2.24, 2.45) is 11.8 Å². The van der Waals surface area contributed by atoms with Crippen molar-refractivity contribution in [3.05, 3.63) is 38.9 Å². The molecule has 3 nitrogen and oxygen atoms in total. The van der Waals surface area contributed by atoms with Gasteiger partial charge in [0.1, 0.15) is 0 Å². The van der Waals surface area contributed by atoms with Crippen LogP contribution in [0.15, 0.2) is 12.1 Å². The van der Waals surface area contributed by atoms with Crippen LogP contribution in [0, 0.1) is 28.9 Å². The van der Waals surface area contributed by atoms with Crippen molar-refractivity contribution in [1.29, 1.82) is 0 Å². The van der Waals surface area contributed by atoms with Gasteiger partial charge in [-0.2, -0.15) is 0 Å². The van der Waals surface area contributed by atoms with Crippen LogP contribution in [0.1, 0.15) is 47.8 Å². The average Bonchev–Trinajstić information content (AvgIpc) is 2.80. The summed E-state index contributed by atoms with van der Waals surface area (Å²) in [7, 11) is 0. The zero-order valence-electron chi connectivity index (χ0n) is 9.85. The summed E-state index contributed by atoms with van der Waals surface area (Å²) in [4.78, 5) is 10.7. The third kappa shape index (κ3) is 0.985. The molecule has 0 spiro atoms. The SMILES string of the molecule is Cc1c([N+](=O)[O-])ccc2c1C1C3CCC(C3)C21. The van der Waals surface area contributed by atoms with Crippen LogP contribution in [0.4, 0.5) is 5.69 Å². The standard InChI is InChI=1S/C14H15NO2/c1-7-11(15(16)17)5-4-10-12(7)14-9-3-2-8(6-9)13(10)14/h4-5,8-9,13-14H,2-3,6H2,1H3.